The molecule has 0 unspecified atom stereocenters. The zero-order valence-electron chi connectivity index (χ0n) is 22.9. The number of carbonyl (C=O) groups is 2. The van der Waals surface area contributed by atoms with E-state index >= 15 is 0 Å². The Morgan fingerprint density at radius 1 is 0.952 bits per heavy atom. The highest BCUT2D eigenvalue weighted by Gasteiger charge is 2.34. The molecule has 1 saturated heterocycles. The van der Waals surface area contributed by atoms with Crippen molar-refractivity contribution in [2.24, 2.45) is 0 Å². The van der Waals surface area contributed by atoms with E-state index in [1.807, 2.05) is 11.9 Å². The van der Waals surface area contributed by atoms with Crippen LogP contribution in [0.5, 0.6) is 17.4 Å². The first-order valence-electron chi connectivity index (χ1n) is 13.2. The number of hydrogen-bond donors (Lipinski definition) is 1. The van der Waals surface area contributed by atoms with Gasteiger partial charge in [0.05, 0.1) is 11.1 Å². The Bertz CT molecular complexity index is 1620. The molecule has 0 aliphatic carbocycles. The number of alkyl halides is 3. The summed E-state index contributed by atoms with van der Waals surface area (Å²) >= 11 is 0. The van der Waals surface area contributed by atoms with Gasteiger partial charge in [0, 0.05) is 45.7 Å². The molecule has 1 amide bonds. The zero-order valence-corrected chi connectivity index (χ0v) is 22.9. The number of amides is 1. The van der Waals surface area contributed by atoms with E-state index in [9.17, 15) is 22.8 Å². The van der Waals surface area contributed by atoms with Crippen molar-refractivity contribution in [1.82, 2.24) is 19.8 Å². The largest absolute Gasteiger partial charge is 0.439 e. The summed E-state index contributed by atoms with van der Waals surface area (Å²) in [6.07, 6.45) is -3.36. The second kappa shape index (κ2) is 12.1. The molecule has 0 bridgehead atoms. The van der Waals surface area contributed by atoms with Crippen LogP contribution in [0, 0.1) is 0 Å². The molecule has 1 N–H and O–H groups in total. The number of esters is 1. The molecule has 218 valence electrons. The summed E-state index contributed by atoms with van der Waals surface area (Å²) in [4.78, 5) is 36.5. The lowest BCUT2D eigenvalue weighted by Crippen LogP contribution is -2.44. The molecule has 1 aliphatic rings. The highest BCUT2D eigenvalue weighted by atomic mass is 19.4. The first-order valence-corrected chi connectivity index (χ1v) is 13.2. The number of halogens is 3. The maximum atomic E-state index is 14.0. The topological polar surface area (TPSA) is 96.9 Å². The Labute approximate surface area is 239 Å². The number of carbonyl (C=O) groups excluding carboxylic acids is 2. The number of nitrogens with one attached hydrogen (secondary N) is 1. The summed E-state index contributed by atoms with van der Waals surface area (Å²) < 4.78 is 53.2. The van der Waals surface area contributed by atoms with Gasteiger partial charge >= 0.3 is 12.1 Å². The molecule has 4 aromatic rings. The van der Waals surface area contributed by atoms with Crippen LogP contribution in [0.2, 0.25) is 0 Å². The molecule has 42 heavy (non-hydrogen) atoms. The van der Waals surface area contributed by atoms with Crippen LogP contribution in [0.3, 0.4) is 0 Å². The van der Waals surface area contributed by atoms with E-state index in [0.717, 1.165) is 19.2 Å². The molecule has 0 saturated carbocycles. The average molecular weight is 580 g/mol. The van der Waals surface area contributed by atoms with E-state index in [2.05, 4.69) is 20.2 Å². The second-order valence-electron chi connectivity index (χ2n) is 10.00. The normalized spacial score (nSPS) is 14.5. The van der Waals surface area contributed by atoms with Gasteiger partial charge in [-0.25, -0.2) is 14.8 Å². The van der Waals surface area contributed by atoms with Gasteiger partial charge in [-0.2, -0.15) is 13.2 Å². The number of nitrogens with zero attached hydrogens (tertiary/aromatic N) is 4. The van der Waals surface area contributed by atoms with Crippen molar-refractivity contribution in [2.45, 2.75) is 19.6 Å². The van der Waals surface area contributed by atoms with E-state index in [1.54, 1.807) is 36.4 Å². The molecule has 1 aromatic heterocycles. The summed E-state index contributed by atoms with van der Waals surface area (Å²) in [5.41, 5.74) is -0.501. The number of hydrogen-bond acceptors (Lipinski definition) is 8. The van der Waals surface area contributed by atoms with Crippen LogP contribution in [0.4, 0.5) is 19.0 Å². The van der Waals surface area contributed by atoms with E-state index in [1.165, 1.54) is 31.5 Å². The molecule has 0 radical (unpaired) electrons. The smallest absolute Gasteiger partial charge is 0.416 e. The van der Waals surface area contributed by atoms with Crippen molar-refractivity contribution >= 4 is 28.5 Å². The molecule has 0 atom stereocenters. The zero-order chi connectivity index (χ0) is 29.9. The van der Waals surface area contributed by atoms with Crippen LogP contribution >= 0.6 is 0 Å². The third-order valence-electron chi connectivity index (χ3n) is 6.83. The molecule has 9 nitrogen and oxygen atoms in total. The summed E-state index contributed by atoms with van der Waals surface area (Å²) in [5, 5.41) is 3.71. The SMILES string of the molecule is CC(=O)Nc1cc(Oc2ccc3c(C(=O)Oc4ccc(CN5CCN(C)CC5)c(C(F)(F)F)c4)cccc3c2)ncn1. The van der Waals surface area contributed by atoms with Gasteiger partial charge < -0.3 is 19.7 Å². The van der Waals surface area contributed by atoms with E-state index in [-0.39, 0.29) is 41.0 Å². The third-order valence-corrected chi connectivity index (χ3v) is 6.83. The van der Waals surface area contributed by atoms with E-state index in [0.29, 0.717) is 29.6 Å². The summed E-state index contributed by atoms with van der Waals surface area (Å²) in [6, 6.07) is 15.0. The molecule has 2 heterocycles. The molecular formula is C30H28F3N5O4. The lowest BCUT2D eigenvalue weighted by Gasteiger charge is -2.32. The highest BCUT2D eigenvalue weighted by molar-refractivity contribution is 6.05. The first kappa shape index (κ1) is 29.0. The lowest BCUT2D eigenvalue weighted by molar-refractivity contribution is -0.138. The number of rotatable bonds is 7. The van der Waals surface area contributed by atoms with Crippen molar-refractivity contribution in [3.63, 3.8) is 0 Å². The molecule has 5 rings (SSSR count). The van der Waals surface area contributed by atoms with Gasteiger partial charge in [-0.3, -0.25) is 9.69 Å². The Hall–Kier alpha value is -4.55. The maximum absolute atomic E-state index is 14.0. The number of fused-ring (bicyclic) bond motifs is 1. The van der Waals surface area contributed by atoms with Crippen LogP contribution in [-0.4, -0.2) is 64.9 Å². The predicted octanol–water partition coefficient (Wildman–Crippen LogP) is 5.37. The van der Waals surface area contributed by atoms with Crippen LogP contribution in [-0.2, 0) is 17.5 Å². The standard InChI is InChI=1S/C30H28F3N5O4/c1-19(39)36-27-16-28(35-18-34-27)41-22-8-9-24-20(14-22)4-3-5-25(24)29(40)42-23-7-6-21(26(15-23)30(31,32)33)17-38-12-10-37(2)11-13-38/h3-9,14-16,18H,10-13,17H2,1-2H3,(H,34,35,36,39). The van der Waals surface area contributed by atoms with Crippen molar-refractivity contribution in [3.8, 4) is 17.4 Å². The summed E-state index contributed by atoms with van der Waals surface area (Å²) in [6.45, 7) is 4.44. The molecule has 1 aliphatic heterocycles. The molecule has 3 aromatic carbocycles. The minimum absolute atomic E-state index is 0.137. The molecule has 1 fully saturated rings. The quantitative estimate of drug-likeness (QED) is 0.231. The van der Waals surface area contributed by atoms with Crippen molar-refractivity contribution in [1.29, 1.82) is 0 Å². The minimum Gasteiger partial charge on any atom is -0.439 e. The maximum Gasteiger partial charge on any atom is 0.416 e. The van der Waals surface area contributed by atoms with Crippen molar-refractivity contribution in [3.05, 3.63) is 83.7 Å². The third kappa shape index (κ3) is 7.01. The van der Waals surface area contributed by atoms with Gasteiger partial charge in [-0.05, 0) is 59.8 Å². The molecule has 12 heteroatoms. The van der Waals surface area contributed by atoms with Crippen LogP contribution in [0.25, 0.3) is 10.8 Å². The Morgan fingerprint density at radius 2 is 1.71 bits per heavy atom. The number of anilines is 1. The van der Waals surface area contributed by atoms with Gasteiger partial charge in [-0.1, -0.05) is 18.2 Å². The fraction of sp³-hybridized carbons (Fsp3) is 0.267. The number of likely N-dealkylation sites (N-methyl/N-ethyl adjacent to an activating group) is 1. The number of piperazine rings is 1. The van der Waals surface area contributed by atoms with Gasteiger partial charge in [0.2, 0.25) is 11.8 Å². The summed E-state index contributed by atoms with van der Waals surface area (Å²) in [5.74, 6) is -0.387. The first-order chi connectivity index (χ1) is 20.0. The predicted molar refractivity (Wildman–Crippen MR) is 150 cm³/mol. The van der Waals surface area contributed by atoms with E-state index in [4.69, 9.17) is 9.47 Å². The molecular weight excluding hydrogens is 551 g/mol. The average Bonchev–Trinajstić information content (AvgIpc) is 2.94. The lowest BCUT2D eigenvalue weighted by atomic mass is 10.0. The Balaban J connectivity index is 1.34. The highest BCUT2D eigenvalue weighted by Crippen LogP contribution is 2.36. The van der Waals surface area contributed by atoms with Crippen molar-refractivity contribution in [2.75, 3.05) is 38.5 Å². The number of aromatic nitrogens is 2. The van der Waals surface area contributed by atoms with Crippen molar-refractivity contribution < 1.29 is 32.2 Å². The second-order valence-corrected chi connectivity index (χ2v) is 10.00. The Kier molecular flexibility index (Phi) is 8.36. The van der Waals surface area contributed by atoms with Gasteiger partial charge in [-0.15, -0.1) is 0 Å². The summed E-state index contributed by atoms with van der Waals surface area (Å²) in [7, 11) is 1.98. The number of benzene rings is 3. The van der Waals surface area contributed by atoms with Crippen LogP contribution < -0.4 is 14.8 Å². The Morgan fingerprint density at radius 3 is 2.45 bits per heavy atom. The van der Waals surface area contributed by atoms with Crippen LogP contribution in [0.1, 0.15) is 28.4 Å². The minimum atomic E-state index is -4.60. The van der Waals surface area contributed by atoms with Gasteiger partial charge in [0.15, 0.2) is 0 Å². The van der Waals surface area contributed by atoms with Gasteiger partial charge in [0.25, 0.3) is 0 Å². The van der Waals surface area contributed by atoms with E-state index < -0.39 is 17.7 Å². The number of ether oxygens (including phenoxy) is 2. The fourth-order valence-corrected chi connectivity index (χ4v) is 4.70. The molecule has 0 spiro atoms. The van der Waals surface area contributed by atoms with Gasteiger partial charge in [0.1, 0.15) is 23.6 Å². The fourth-order valence-electron chi connectivity index (χ4n) is 4.70. The van der Waals surface area contributed by atoms with Crippen LogP contribution in [0.15, 0.2) is 67.0 Å². The monoisotopic (exact) mass is 579 g/mol.